The van der Waals surface area contributed by atoms with Crippen LogP contribution in [0.3, 0.4) is 0 Å². The largest absolute Gasteiger partial charge is 0.459 e. The molecule has 12 heteroatoms. The second-order valence-electron chi connectivity index (χ2n) is 3.06. The van der Waals surface area contributed by atoms with Gasteiger partial charge in [-0.25, -0.2) is 0 Å². The van der Waals surface area contributed by atoms with Crippen LogP contribution in [0.15, 0.2) is 0 Å². The average molecular weight is 298 g/mol. The maximum atomic E-state index is 12.9. The number of rotatable bonds is 3. The standard InChI is InChI=1S/C7H2F8N2O2/c8-5(9,7(13,14)15)3-2(6(10,11)12)4(17-16-3)19-1-18/h1H,(H,16,17). The van der Waals surface area contributed by atoms with Crippen LogP contribution in [0.2, 0.25) is 0 Å². The minimum Gasteiger partial charge on any atom is -0.407 e. The summed E-state index contributed by atoms with van der Waals surface area (Å²) < 4.78 is 103. The predicted molar refractivity (Wildman–Crippen MR) is 40.2 cm³/mol. The first-order valence-electron chi connectivity index (χ1n) is 4.13. The molecular formula is C7H2F8N2O2. The van der Waals surface area contributed by atoms with Crippen molar-refractivity contribution in [1.82, 2.24) is 10.2 Å². The van der Waals surface area contributed by atoms with Gasteiger partial charge in [-0.2, -0.15) is 35.1 Å². The molecule has 0 saturated carbocycles. The normalized spacial score (nSPS) is 13.5. The number of alkyl halides is 8. The van der Waals surface area contributed by atoms with E-state index in [1.54, 1.807) is 0 Å². The summed E-state index contributed by atoms with van der Waals surface area (Å²) >= 11 is 0. The molecule has 0 aromatic carbocycles. The molecule has 0 unspecified atom stereocenters. The lowest BCUT2D eigenvalue weighted by Crippen LogP contribution is -2.35. The first kappa shape index (κ1) is 15.2. The number of ether oxygens (including phenoxy) is 1. The Morgan fingerprint density at radius 1 is 1.05 bits per heavy atom. The van der Waals surface area contributed by atoms with Crippen molar-refractivity contribution in [3.63, 3.8) is 0 Å². The molecule has 0 radical (unpaired) electrons. The van der Waals surface area contributed by atoms with E-state index in [-0.39, 0.29) is 0 Å². The quantitative estimate of drug-likeness (QED) is 0.689. The highest BCUT2D eigenvalue weighted by Gasteiger charge is 2.63. The fraction of sp³-hybridized carbons (Fsp3) is 0.429. The van der Waals surface area contributed by atoms with Crippen molar-refractivity contribution in [2.75, 3.05) is 0 Å². The summed E-state index contributed by atoms with van der Waals surface area (Å²) in [5.41, 5.74) is -5.05. The maximum Gasteiger partial charge on any atom is 0.459 e. The summed E-state index contributed by atoms with van der Waals surface area (Å²) in [6.07, 6.45) is -11.9. The lowest BCUT2D eigenvalue weighted by Gasteiger charge is -2.20. The fourth-order valence-corrected chi connectivity index (χ4v) is 1.09. The Kier molecular flexibility index (Phi) is 3.47. The van der Waals surface area contributed by atoms with Gasteiger partial charge in [-0.1, -0.05) is 0 Å². The molecule has 0 atom stereocenters. The minimum absolute atomic E-state index is 0.596. The van der Waals surface area contributed by atoms with Crippen molar-refractivity contribution >= 4 is 6.47 Å². The van der Waals surface area contributed by atoms with Crippen LogP contribution in [0.4, 0.5) is 35.1 Å². The number of aromatic amines is 1. The number of nitrogens with zero attached hydrogens (tertiary/aromatic N) is 1. The molecule has 0 aliphatic heterocycles. The Morgan fingerprint density at radius 2 is 1.58 bits per heavy atom. The van der Waals surface area contributed by atoms with Gasteiger partial charge in [0.2, 0.25) is 0 Å². The van der Waals surface area contributed by atoms with Gasteiger partial charge in [-0.15, -0.1) is 5.10 Å². The maximum absolute atomic E-state index is 12.9. The van der Waals surface area contributed by atoms with E-state index in [4.69, 9.17) is 0 Å². The third kappa shape index (κ3) is 2.61. The summed E-state index contributed by atoms with van der Waals surface area (Å²) in [6.45, 7) is -0.596. The predicted octanol–water partition coefficient (Wildman–Crippen LogP) is 2.62. The van der Waals surface area contributed by atoms with Crippen molar-refractivity contribution in [1.29, 1.82) is 0 Å². The number of hydrogen-bond acceptors (Lipinski definition) is 3. The van der Waals surface area contributed by atoms with Crippen LogP contribution >= 0.6 is 0 Å². The number of nitrogens with one attached hydrogen (secondary N) is 1. The van der Waals surface area contributed by atoms with Crippen LogP contribution in [-0.2, 0) is 16.9 Å². The van der Waals surface area contributed by atoms with Crippen LogP contribution < -0.4 is 4.74 Å². The van der Waals surface area contributed by atoms with Gasteiger partial charge in [0.15, 0.2) is 0 Å². The van der Waals surface area contributed by atoms with Crippen molar-refractivity contribution in [2.45, 2.75) is 18.3 Å². The minimum atomic E-state index is -6.28. The molecule has 1 aromatic rings. The van der Waals surface area contributed by atoms with Crippen molar-refractivity contribution < 1.29 is 44.7 Å². The van der Waals surface area contributed by atoms with E-state index in [0.29, 0.717) is 0 Å². The summed E-state index contributed by atoms with van der Waals surface area (Å²) in [6, 6.07) is 0. The molecule has 0 amide bonds. The Morgan fingerprint density at radius 3 is 1.95 bits per heavy atom. The van der Waals surface area contributed by atoms with Crippen LogP contribution in [-0.4, -0.2) is 22.8 Å². The molecule has 1 rings (SSSR count). The SMILES string of the molecule is O=COc1n[nH]c(C(F)(F)C(F)(F)F)c1C(F)(F)F. The molecule has 0 spiro atoms. The van der Waals surface area contributed by atoms with Crippen LogP contribution in [0, 0.1) is 0 Å². The summed E-state index contributed by atoms with van der Waals surface area (Å²) in [5, 5.41) is 3.36. The van der Waals surface area contributed by atoms with E-state index in [2.05, 4.69) is 9.84 Å². The molecule has 1 N–H and O–H groups in total. The van der Waals surface area contributed by atoms with E-state index in [1.165, 1.54) is 0 Å². The molecule has 0 aliphatic rings. The van der Waals surface area contributed by atoms with Crippen molar-refractivity contribution in [2.24, 2.45) is 0 Å². The van der Waals surface area contributed by atoms with Crippen molar-refractivity contribution in [3.05, 3.63) is 11.3 Å². The summed E-state index contributed by atoms with van der Waals surface area (Å²) in [7, 11) is 0. The van der Waals surface area contributed by atoms with Gasteiger partial charge in [-0.05, 0) is 0 Å². The molecule has 4 nitrogen and oxygen atoms in total. The molecule has 0 saturated heterocycles. The monoisotopic (exact) mass is 298 g/mol. The molecule has 0 bridgehead atoms. The Labute approximate surface area is 97.9 Å². The molecule has 19 heavy (non-hydrogen) atoms. The van der Waals surface area contributed by atoms with Gasteiger partial charge in [0, 0.05) is 0 Å². The van der Waals surface area contributed by atoms with Crippen LogP contribution in [0.25, 0.3) is 0 Å². The van der Waals surface area contributed by atoms with E-state index >= 15 is 0 Å². The number of aromatic nitrogens is 2. The smallest absolute Gasteiger partial charge is 0.407 e. The zero-order chi connectivity index (χ0) is 15.1. The zero-order valence-electron chi connectivity index (χ0n) is 8.36. The first-order chi connectivity index (χ1) is 8.43. The van der Waals surface area contributed by atoms with Gasteiger partial charge >= 0.3 is 18.3 Å². The second kappa shape index (κ2) is 4.35. The molecule has 0 fully saturated rings. The van der Waals surface area contributed by atoms with Gasteiger partial charge in [0.1, 0.15) is 11.3 Å². The topological polar surface area (TPSA) is 55.0 Å². The number of carbonyl (C=O) groups is 1. The van der Waals surface area contributed by atoms with E-state index < -0.39 is 41.9 Å². The molecule has 1 aromatic heterocycles. The highest BCUT2D eigenvalue weighted by molar-refractivity contribution is 5.47. The van der Waals surface area contributed by atoms with Gasteiger partial charge < -0.3 is 4.74 Å². The molecule has 108 valence electrons. The molecule has 1 heterocycles. The average Bonchev–Trinajstić information content (AvgIpc) is 2.60. The van der Waals surface area contributed by atoms with E-state index in [9.17, 15) is 39.9 Å². The third-order valence-corrected chi connectivity index (χ3v) is 1.85. The van der Waals surface area contributed by atoms with Crippen LogP contribution in [0.1, 0.15) is 11.3 Å². The lowest BCUT2D eigenvalue weighted by atomic mass is 10.1. The van der Waals surface area contributed by atoms with Gasteiger partial charge in [-0.3, -0.25) is 9.89 Å². The Bertz CT molecular complexity index is 474. The number of hydrogen-bond donors (Lipinski definition) is 1. The number of H-pyrrole nitrogens is 1. The van der Waals surface area contributed by atoms with E-state index in [1.807, 2.05) is 0 Å². The van der Waals surface area contributed by atoms with Crippen molar-refractivity contribution in [3.8, 4) is 5.88 Å². The summed E-state index contributed by atoms with van der Waals surface area (Å²) in [5.74, 6) is -7.56. The van der Waals surface area contributed by atoms with Gasteiger partial charge in [0.25, 0.3) is 12.4 Å². The number of carbonyl (C=O) groups excluding carboxylic acids is 1. The van der Waals surface area contributed by atoms with Crippen LogP contribution in [0.5, 0.6) is 5.88 Å². The molecule has 0 aliphatic carbocycles. The zero-order valence-corrected chi connectivity index (χ0v) is 8.36. The second-order valence-corrected chi connectivity index (χ2v) is 3.06. The lowest BCUT2D eigenvalue weighted by molar-refractivity contribution is -0.292. The fourth-order valence-electron chi connectivity index (χ4n) is 1.09. The van der Waals surface area contributed by atoms with E-state index in [0.717, 1.165) is 5.10 Å². The van der Waals surface area contributed by atoms with Gasteiger partial charge in [0.05, 0.1) is 0 Å². The highest BCUT2D eigenvalue weighted by Crippen LogP contribution is 2.49. The molecular weight excluding hydrogens is 296 g/mol. The summed E-state index contributed by atoms with van der Waals surface area (Å²) in [4.78, 5) is 9.86. The Balaban J connectivity index is 3.50. The highest BCUT2D eigenvalue weighted by atomic mass is 19.4. The first-order valence-corrected chi connectivity index (χ1v) is 4.13. The Hall–Kier alpha value is -1.88. The third-order valence-electron chi connectivity index (χ3n) is 1.85. The number of halogens is 8.